The van der Waals surface area contributed by atoms with Crippen molar-refractivity contribution in [2.24, 2.45) is 0 Å². The molecule has 0 unspecified atom stereocenters. The highest BCUT2D eigenvalue weighted by molar-refractivity contribution is 6.07. The molecular weight excluding hydrogens is 363 g/mol. The first-order chi connectivity index (χ1) is 13.4. The summed E-state index contributed by atoms with van der Waals surface area (Å²) in [6.45, 7) is 4.94. The fourth-order valence-corrected chi connectivity index (χ4v) is 2.41. The minimum absolute atomic E-state index is 0.162. The molecule has 2 aromatic rings. The predicted molar refractivity (Wildman–Crippen MR) is 104 cm³/mol. The maximum atomic E-state index is 14.7. The van der Waals surface area contributed by atoms with Crippen molar-refractivity contribution in [1.82, 2.24) is 0 Å². The van der Waals surface area contributed by atoms with E-state index in [1.807, 2.05) is 0 Å². The van der Waals surface area contributed by atoms with E-state index < -0.39 is 23.1 Å². The minimum atomic E-state index is -0.926. The average Bonchev–Trinajstić information content (AvgIpc) is 2.68. The lowest BCUT2D eigenvalue weighted by Crippen LogP contribution is -2.16. The van der Waals surface area contributed by atoms with Crippen molar-refractivity contribution in [2.75, 3.05) is 19.0 Å². The number of aliphatic hydroxyl groups is 1. The molecule has 2 N–H and O–H groups in total. The van der Waals surface area contributed by atoms with Gasteiger partial charge in [-0.15, -0.1) is 0 Å². The topological polar surface area (TPSA) is 91.6 Å². The zero-order valence-corrected chi connectivity index (χ0v) is 15.5. The van der Waals surface area contributed by atoms with Gasteiger partial charge in [0.05, 0.1) is 12.8 Å². The van der Waals surface area contributed by atoms with Crippen LogP contribution in [0.3, 0.4) is 0 Å². The number of nitrogens with one attached hydrogen (secondary N) is 1. The van der Waals surface area contributed by atoms with E-state index in [0.717, 1.165) is 0 Å². The molecular formula is C21H19FN2O4. The number of nitrogens with zero attached hydrogens (tertiary/aromatic N) is 1. The van der Waals surface area contributed by atoms with Crippen LogP contribution in [0, 0.1) is 17.1 Å². The van der Waals surface area contributed by atoms with Crippen LogP contribution in [-0.2, 0) is 4.79 Å². The first kappa shape index (κ1) is 20.5. The number of allylic oxidation sites excluding steroid dienone is 1. The molecule has 0 bridgehead atoms. The summed E-state index contributed by atoms with van der Waals surface area (Å²) in [5, 5.41) is 20.6. The largest absolute Gasteiger partial charge is 0.511 e. The zero-order valence-electron chi connectivity index (χ0n) is 15.5. The monoisotopic (exact) mass is 382 g/mol. The van der Waals surface area contributed by atoms with Crippen molar-refractivity contribution in [3.05, 3.63) is 66.2 Å². The molecule has 28 heavy (non-hydrogen) atoms. The summed E-state index contributed by atoms with van der Waals surface area (Å²) in [6.07, 6.45) is 1.53. The number of amides is 1. The number of anilines is 1. The summed E-state index contributed by atoms with van der Waals surface area (Å²) in [5.41, 5.74) is 0.402. The predicted octanol–water partition coefficient (Wildman–Crippen LogP) is 4.36. The maximum absolute atomic E-state index is 14.7. The van der Waals surface area contributed by atoms with Crippen LogP contribution in [-0.4, -0.2) is 24.7 Å². The normalized spacial score (nSPS) is 11.1. The maximum Gasteiger partial charge on any atom is 0.269 e. The molecule has 0 aliphatic carbocycles. The van der Waals surface area contributed by atoms with Gasteiger partial charge < -0.3 is 19.9 Å². The van der Waals surface area contributed by atoms with Crippen molar-refractivity contribution in [2.45, 2.75) is 6.92 Å². The van der Waals surface area contributed by atoms with Gasteiger partial charge in [-0.25, -0.2) is 4.39 Å². The molecule has 2 rings (SSSR count). The SMILES string of the molecule is C=CCOc1cc(NC(=O)/C(C#N)=C(/C)O)c(F)cc1-c1cccc(OC)c1. The van der Waals surface area contributed by atoms with Gasteiger partial charge in [0.2, 0.25) is 0 Å². The van der Waals surface area contributed by atoms with Crippen molar-refractivity contribution in [1.29, 1.82) is 5.26 Å². The van der Waals surface area contributed by atoms with E-state index in [2.05, 4.69) is 11.9 Å². The van der Waals surface area contributed by atoms with Gasteiger partial charge in [0.1, 0.15) is 35.8 Å². The van der Waals surface area contributed by atoms with Gasteiger partial charge in [0.25, 0.3) is 5.91 Å². The van der Waals surface area contributed by atoms with Gasteiger partial charge in [-0.3, -0.25) is 4.79 Å². The Morgan fingerprint density at radius 2 is 2.14 bits per heavy atom. The van der Waals surface area contributed by atoms with Crippen molar-refractivity contribution < 1.29 is 23.8 Å². The second-order valence-electron chi connectivity index (χ2n) is 5.69. The van der Waals surface area contributed by atoms with Crippen LogP contribution < -0.4 is 14.8 Å². The number of aliphatic hydroxyl groups excluding tert-OH is 1. The number of carbonyl (C=O) groups is 1. The Balaban J connectivity index is 2.50. The number of hydrogen-bond donors (Lipinski definition) is 2. The van der Waals surface area contributed by atoms with Crippen LogP contribution in [0.5, 0.6) is 11.5 Å². The number of carbonyl (C=O) groups excluding carboxylic acids is 1. The number of nitriles is 1. The Morgan fingerprint density at radius 3 is 2.75 bits per heavy atom. The first-order valence-electron chi connectivity index (χ1n) is 8.24. The third-order valence-corrected chi connectivity index (χ3v) is 3.76. The lowest BCUT2D eigenvalue weighted by atomic mass is 10.0. The molecule has 0 aliphatic rings. The second kappa shape index (κ2) is 9.24. The fourth-order valence-electron chi connectivity index (χ4n) is 2.41. The molecule has 1 amide bonds. The van der Waals surface area contributed by atoms with E-state index in [-0.39, 0.29) is 12.3 Å². The lowest BCUT2D eigenvalue weighted by molar-refractivity contribution is -0.112. The quantitative estimate of drug-likeness (QED) is 0.321. The Hall–Kier alpha value is -3.79. The molecule has 0 saturated heterocycles. The van der Waals surface area contributed by atoms with Crippen molar-refractivity contribution >= 4 is 11.6 Å². The lowest BCUT2D eigenvalue weighted by Gasteiger charge is -2.15. The molecule has 144 valence electrons. The van der Waals surface area contributed by atoms with Gasteiger partial charge in [0, 0.05) is 11.6 Å². The molecule has 0 heterocycles. The zero-order chi connectivity index (χ0) is 20.7. The molecule has 0 spiro atoms. The smallest absolute Gasteiger partial charge is 0.269 e. The molecule has 0 radical (unpaired) electrons. The highest BCUT2D eigenvalue weighted by Crippen LogP contribution is 2.36. The summed E-state index contributed by atoms with van der Waals surface area (Å²) < 4.78 is 25.5. The van der Waals surface area contributed by atoms with Gasteiger partial charge in [-0.2, -0.15) is 5.26 Å². The molecule has 0 atom stereocenters. The minimum Gasteiger partial charge on any atom is -0.511 e. The van der Waals surface area contributed by atoms with Crippen LogP contribution in [0.1, 0.15) is 6.92 Å². The second-order valence-corrected chi connectivity index (χ2v) is 5.69. The molecule has 0 saturated carbocycles. The number of ether oxygens (including phenoxy) is 2. The van der Waals surface area contributed by atoms with Crippen LogP contribution in [0.2, 0.25) is 0 Å². The van der Waals surface area contributed by atoms with E-state index in [1.165, 1.54) is 32.2 Å². The van der Waals surface area contributed by atoms with E-state index in [0.29, 0.717) is 22.6 Å². The van der Waals surface area contributed by atoms with Crippen LogP contribution in [0.15, 0.2) is 60.4 Å². The molecule has 2 aromatic carbocycles. The summed E-state index contributed by atoms with van der Waals surface area (Å²) in [7, 11) is 1.52. The number of methoxy groups -OCH3 is 1. The van der Waals surface area contributed by atoms with Crippen molar-refractivity contribution in [3.8, 4) is 28.7 Å². The Kier molecular flexibility index (Phi) is 6.77. The van der Waals surface area contributed by atoms with Crippen LogP contribution in [0.25, 0.3) is 11.1 Å². The first-order valence-corrected chi connectivity index (χ1v) is 8.24. The highest BCUT2D eigenvalue weighted by atomic mass is 19.1. The van der Waals surface area contributed by atoms with Gasteiger partial charge in [-0.1, -0.05) is 24.8 Å². The summed E-state index contributed by atoms with van der Waals surface area (Å²) in [5.74, 6) is -1.23. The Morgan fingerprint density at radius 1 is 1.39 bits per heavy atom. The standard InChI is InChI=1S/C21H19FN2O4/c1-4-8-28-20-11-19(24-21(26)17(12-23)13(2)25)18(22)10-16(20)14-6-5-7-15(9-14)27-3/h4-7,9-11,25H,1,8H2,2-3H3,(H,24,26)/b17-13-. The van der Waals surface area contributed by atoms with Gasteiger partial charge >= 0.3 is 0 Å². The fraction of sp³-hybridized carbons (Fsp3) is 0.143. The molecule has 7 heteroatoms. The van der Waals surface area contributed by atoms with Gasteiger partial charge in [0.15, 0.2) is 5.57 Å². The molecule has 0 aliphatic heterocycles. The summed E-state index contributed by atoms with van der Waals surface area (Å²) >= 11 is 0. The van der Waals surface area contributed by atoms with Crippen molar-refractivity contribution in [3.63, 3.8) is 0 Å². The summed E-state index contributed by atoms with van der Waals surface area (Å²) in [6, 6.07) is 11.1. The number of benzene rings is 2. The number of halogens is 1. The summed E-state index contributed by atoms with van der Waals surface area (Å²) in [4.78, 5) is 12.1. The van der Waals surface area contributed by atoms with Gasteiger partial charge in [-0.05, 0) is 30.7 Å². The van der Waals surface area contributed by atoms with E-state index in [1.54, 1.807) is 30.3 Å². The molecule has 0 aromatic heterocycles. The molecule has 6 nitrogen and oxygen atoms in total. The van der Waals surface area contributed by atoms with Crippen LogP contribution in [0.4, 0.5) is 10.1 Å². The molecule has 0 fully saturated rings. The number of rotatable bonds is 7. The third-order valence-electron chi connectivity index (χ3n) is 3.76. The highest BCUT2D eigenvalue weighted by Gasteiger charge is 2.18. The van der Waals surface area contributed by atoms with E-state index in [4.69, 9.17) is 14.7 Å². The third kappa shape index (κ3) is 4.68. The average molecular weight is 382 g/mol. The number of hydrogen-bond acceptors (Lipinski definition) is 5. The van der Waals surface area contributed by atoms with E-state index in [9.17, 15) is 14.3 Å². The Labute approximate surface area is 162 Å². The van der Waals surface area contributed by atoms with E-state index >= 15 is 0 Å². The Bertz CT molecular complexity index is 973. The van der Waals surface area contributed by atoms with Crippen LogP contribution >= 0.6 is 0 Å².